The molecule has 26 heavy (non-hydrogen) atoms. The van der Waals surface area contributed by atoms with Crippen molar-refractivity contribution in [2.45, 2.75) is 13.5 Å². The van der Waals surface area contributed by atoms with Crippen LogP contribution in [0.4, 0.5) is 0 Å². The van der Waals surface area contributed by atoms with E-state index in [1.807, 2.05) is 0 Å². The lowest BCUT2D eigenvalue weighted by molar-refractivity contribution is -0.136. The summed E-state index contributed by atoms with van der Waals surface area (Å²) in [6.45, 7) is 1.90. The standard InChI is InChI=1S/C19H15Cl2NO4/c1-11-17(19(24)25-2)15(8-12-5-6-13(20)9-16(12)21)18(23)22(11)10-14-4-3-7-26-14/h3-9H,10H2,1-2H3/b15-8-. The van der Waals surface area contributed by atoms with E-state index in [1.165, 1.54) is 18.3 Å². The number of carbonyl (C=O) groups is 2. The molecule has 0 bridgehead atoms. The summed E-state index contributed by atoms with van der Waals surface area (Å²) in [6, 6.07) is 8.42. The third-order valence-electron chi connectivity index (χ3n) is 4.06. The fourth-order valence-corrected chi connectivity index (χ4v) is 3.21. The van der Waals surface area contributed by atoms with E-state index in [1.54, 1.807) is 43.3 Å². The van der Waals surface area contributed by atoms with E-state index in [2.05, 4.69) is 0 Å². The molecule has 1 aliphatic rings. The van der Waals surface area contributed by atoms with Crippen molar-refractivity contribution in [3.05, 3.63) is 74.8 Å². The van der Waals surface area contributed by atoms with Gasteiger partial charge in [-0.25, -0.2) is 4.79 Å². The maximum atomic E-state index is 13.0. The Bertz CT molecular complexity index is 929. The van der Waals surface area contributed by atoms with Gasteiger partial charge in [-0.15, -0.1) is 0 Å². The Balaban J connectivity index is 2.06. The molecule has 134 valence electrons. The third kappa shape index (κ3) is 3.41. The van der Waals surface area contributed by atoms with Crippen LogP contribution in [0.1, 0.15) is 18.2 Å². The minimum absolute atomic E-state index is 0.204. The third-order valence-corrected chi connectivity index (χ3v) is 4.62. The maximum absolute atomic E-state index is 13.0. The molecule has 0 radical (unpaired) electrons. The zero-order valence-corrected chi connectivity index (χ0v) is 15.6. The number of carbonyl (C=O) groups excluding carboxylic acids is 2. The summed E-state index contributed by atoms with van der Waals surface area (Å²) in [4.78, 5) is 26.7. The number of allylic oxidation sites excluding steroid dienone is 1. The average molecular weight is 392 g/mol. The highest BCUT2D eigenvalue weighted by atomic mass is 35.5. The number of esters is 1. The van der Waals surface area contributed by atoms with Gasteiger partial charge >= 0.3 is 5.97 Å². The number of halogens is 2. The lowest BCUT2D eigenvalue weighted by Crippen LogP contribution is -2.24. The Morgan fingerprint density at radius 2 is 2.08 bits per heavy atom. The number of rotatable bonds is 4. The van der Waals surface area contributed by atoms with Gasteiger partial charge in [0, 0.05) is 15.7 Å². The zero-order valence-electron chi connectivity index (χ0n) is 14.1. The Morgan fingerprint density at radius 3 is 2.69 bits per heavy atom. The predicted molar refractivity (Wildman–Crippen MR) is 98.4 cm³/mol. The quantitative estimate of drug-likeness (QED) is 0.570. The van der Waals surface area contributed by atoms with Gasteiger partial charge in [-0.2, -0.15) is 0 Å². The molecule has 1 aliphatic heterocycles. The van der Waals surface area contributed by atoms with Crippen LogP contribution in [0.5, 0.6) is 0 Å². The first-order valence-corrected chi connectivity index (χ1v) is 8.48. The Morgan fingerprint density at radius 1 is 1.31 bits per heavy atom. The molecule has 1 amide bonds. The highest BCUT2D eigenvalue weighted by Crippen LogP contribution is 2.34. The van der Waals surface area contributed by atoms with Crippen molar-refractivity contribution in [1.82, 2.24) is 4.90 Å². The first-order chi connectivity index (χ1) is 12.4. The molecule has 5 nitrogen and oxygen atoms in total. The molecule has 0 unspecified atom stereocenters. The number of benzene rings is 1. The molecule has 1 aromatic carbocycles. The summed E-state index contributed by atoms with van der Waals surface area (Å²) in [5.74, 6) is -0.313. The molecule has 3 rings (SSSR count). The monoisotopic (exact) mass is 391 g/mol. The van der Waals surface area contributed by atoms with Crippen molar-refractivity contribution in [2.24, 2.45) is 0 Å². The van der Waals surface area contributed by atoms with E-state index in [0.717, 1.165) is 0 Å². The fraction of sp³-hybridized carbons (Fsp3) is 0.158. The second kappa shape index (κ2) is 7.40. The summed E-state index contributed by atoms with van der Waals surface area (Å²) < 4.78 is 10.2. The van der Waals surface area contributed by atoms with Crippen molar-refractivity contribution in [2.75, 3.05) is 7.11 Å². The number of hydrogen-bond donors (Lipinski definition) is 0. The van der Waals surface area contributed by atoms with Gasteiger partial charge < -0.3 is 14.1 Å². The van der Waals surface area contributed by atoms with Gasteiger partial charge in [-0.3, -0.25) is 4.79 Å². The summed E-state index contributed by atoms with van der Waals surface area (Å²) in [5.41, 5.74) is 1.49. The van der Waals surface area contributed by atoms with Gasteiger partial charge in [0.1, 0.15) is 5.76 Å². The summed E-state index contributed by atoms with van der Waals surface area (Å²) in [7, 11) is 1.27. The molecule has 2 heterocycles. The molecule has 0 atom stereocenters. The van der Waals surface area contributed by atoms with Gasteiger partial charge in [-0.1, -0.05) is 29.3 Å². The van der Waals surface area contributed by atoms with E-state index in [4.69, 9.17) is 32.4 Å². The smallest absolute Gasteiger partial charge is 0.340 e. The summed E-state index contributed by atoms with van der Waals surface area (Å²) >= 11 is 12.1. The summed E-state index contributed by atoms with van der Waals surface area (Å²) in [5, 5.41) is 0.860. The number of furan rings is 1. The van der Waals surface area contributed by atoms with Gasteiger partial charge in [0.2, 0.25) is 0 Å². The molecule has 2 aromatic rings. The number of hydrogen-bond acceptors (Lipinski definition) is 4. The largest absolute Gasteiger partial charge is 0.467 e. The van der Waals surface area contributed by atoms with Crippen LogP contribution in [0, 0.1) is 0 Å². The Hall–Kier alpha value is -2.50. The fourth-order valence-electron chi connectivity index (χ4n) is 2.75. The van der Waals surface area contributed by atoms with Crippen LogP contribution >= 0.6 is 23.2 Å². The number of nitrogens with zero attached hydrogens (tertiary/aromatic N) is 1. The topological polar surface area (TPSA) is 59.8 Å². The molecule has 0 fully saturated rings. The van der Waals surface area contributed by atoms with Crippen LogP contribution < -0.4 is 0 Å². The number of ether oxygens (including phenoxy) is 1. The maximum Gasteiger partial charge on any atom is 0.340 e. The zero-order chi connectivity index (χ0) is 18.8. The van der Waals surface area contributed by atoms with E-state index >= 15 is 0 Å². The first-order valence-electron chi connectivity index (χ1n) is 7.73. The molecule has 0 saturated carbocycles. The van der Waals surface area contributed by atoms with E-state index in [9.17, 15) is 9.59 Å². The first kappa shape index (κ1) is 18.3. The van der Waals surface area contributed by atoms with Crippen LogP contribution in [0.15, 0.2) is 57.9 Å². The van der Waals surface area contributed by atoms with Gasteiger partial charge in [0.15, 0.2) is 0 Å². The normalized spacial score (nSPS) is 15.9. The van der Waals surface area contributed by atoms with E-state index < -0.39 is 5.97 Å². The molecular weight excluding hydrogens is 377 g/mol. The molecular formula is C19H15Cl2NO4. The minimum Gasteiger partial charge on any atom is -0.467 e. The van der Waals surface area contributed by atoms with Crippen molar-refractivity contribution in [1.29, 1.82) is 0 Å². The van der Waals surface area contributed by atoms with Gasteiger partial charge in [0.25, 0.3) is 5.91 Å². The van der Waals surface area contributed by atoms with E-state index in [0.29, 0.717) is 27.1 Å². The Kier molecular flexibility index (Phi) is 5.20. The summed E-state index contributed by atoms with van der Waals surface area (Å²) in [6.07, 6.45) is 3.10. The van der Waals surface area contributed by atoms with Crippen molar-refractivity contribution >= 4 is 41.2 Å². The average Bonchev–Trinajstić information content (AvgIpc) is 3.20. The SMILES string of the molecule is COC(=O)C1=C(C)N(Cc2ccco2)C(=O)/C1=C\c1ccc(Cl)cc1Cl. The van der Waals surface area contributed by atoms with Crippen LogP contribution in [0.3, 0.4) is 0 Å². The van der Waals surface area contributed by atoms with Gasteiger partial charge in [-0.05, 0) is 42.8 Å². The highest BCUT2D eigenvalue weighted by Gasteiger charge is 2.37. The minimum atomic E-state index is -0.589. The molecule has 0 N–H and O–H groups in total. The molecule has 7 heteroatoms. The van der Waals surface area contributed by atoms with Crippen molar-refractivity contribution in [3.8, 4) is 0 Å². The Labute approximate surface area is 160 Å². The second-order valence-electron chi connectivity index (χ2n) is 5.65. The highest BCUT2D eigenvalue weighted by molar-refractivity contribution is 6.35. The number of methoxy groups -OCH3 is 1. The second-order valence-corrected chi connectivity index (χ2v) is 6.49. The van der Waals surface area contributed by atoms with E-state index in [-0.39, 0.29) is 23.6 Å². The van der Waals surface area contributed by atoms with Crippen molar-refractivity contribution in [3.63, 3.8) is 0 Å². The molecule has 0 spiro atoms. The van der Waals surface area contributed by atoms with Crippen LogP contribution in [0.25, 0.3) is 6.08 Å². The molecule has 0 aliphatic carbocycles. The van der Waals surface area contributed by atoms with Crippen molar-refractivity contribution < 1.29 is 18.7 Å². The van der Waals surface area contributed by atoms with Gasteiger partial charge in [0.05, 0.1) is 31.1 Å². The lowest BCUT2D eigenvalue weighted by Gasteiger charge is -2.16. The predicted octanol–water partition coefficient (Wildman–Crippen LogP) is 4.46. The van der Waals surface area contributed by atoms with Crippen LogP contribution in [-0.2, 0) is 20.9 Å². The number of amides is 1. The molecule has 1 aromatic heterocycles. The van der Waals surface area contributed by atoms with Crippen LogP contribution in [-0.4, -0.2) is 23.9 Å². The van der Waals surface area contributed by atoms with Crippen LogP contribution in [0.2, 0.25) is 10.0 Å². The lowest BCUT2D eigenvalue weighted by atomic mass is 10.0. The molecule has 0 saturated heterocycles.